The Morgan fingerprint density at radius 1 is 1.14 bits per heavy atom. The third kappa shape index (κ3) is 1.73. The summed E-state index contributed by atoms with van der Waals surface area (Å²) >= 11 is 5.97. The average Bonchev–Trinajstić information content (AvgIpc) is 2.19. The SMILES string of the molecule is Oc1c[c]c(-c2ccccc2)c(Cl)c1. The fourth-order valence-corrected chi connectivity index (χ4v) is 1.56. The molecule has 0 saturated heterocycles. The van der Waals surface area contributed by atoms with Crippen LogP contribution in [0.2, 0.25) is 5.02 Å². The van der Waals surface area contributed by atoms with Gasteiger partial charge in [-0.2, -0.15) is 0 Å². The molecule has 0 bridgehead atoms. The largest absolute Gasteiger partial charge is 0.508 e. The van der Waals surface area contributed by atoms with Crippen LogP contribution in [-0.4, -0.2) is 5.11 Å². The van der Waals surface area contributed by atoms with E-state index in [0.29, 0.717) is 5.02 Å². The Morgan fingerprint density at radius 2 is 1.86 bits per heavy atom. The lowest BCUT2D eigenvalue weighted by atomic mass is 10.1. The molecule has 0 aliphatic rings. The molecule has 2 rings (SSSR count). The van der Waals surface area contributed by atoms with E-state index in [9.17, 15) is 0 Å². The number of phenols is 1. The number of phenolic OH excluding ortho intramolecular Hbond substituents is 1. The summed E-state index contributed by atoms with van der Waals surface area (Å²) in [6, 6.07) is 15.7. The maximum absolute atomic E-state index is 9.17. The van der Waals surface area contributed by atoms with Crippen molar-refractivity contribution >= 4 is 11.6 Å². The van der Waals surface area contributed by atoms with Crippen molar-refractivity contribution in [3.8, 4) is 16.9 Å². The van der Waals surface area contributed by atoms with E-state index in [1.165, 1.54) is 12.1 Å². The van der Waals surface area contributed by atoms with Crippen molar-refractivity contribution < 1.29 is 5.11 Å². The first-order valence-electron chi connectivity index (χ1n) is 4.23. The molecular weight excluding hydrogens is 196 g/mol. The molecule has 0 aliphatic heterocycles. The van der Waals surface area contributed by atoms with Gasteiger partial charge in [-0.25, -0.2) is 0 Å². The summed E-state index contributed by atoms with van der Waals surface area (Å²) < 4.78 is 0. The van der Waals surface area contributed by atoms with Gasteiger partial charge < -0.3 is 5.11 Å². The minimum atomic E-state index is 0.134. The Bertz CT molecular complexity index is 437. The van der Waals surface area contributed by atoms with Gasteiger partial charge in [0, 0.05) is 5.56 Å². The predicted molar refractivity (Wildman–Crippen MR) is 57.4 cm³/mol. The van der Waals surface area contributed by atoms with Crippen LogP contribution in [0.15, 0.2) is 42.5 Å². The Morgan fingerprint density at radius 3 is 2.50 bits per heavy atom. The zero-order valence-corrected chi connectivity index (χ0v) is 8.12. The van der Waals surface area contributed by atoms with Gasteiger partial charge in [0.1, 0.15) is 5.75 Å². The molecular formula is C12H8ClO. The highest BCUT2D eigenvalue weighted by Gasteiger charge is 2.03. The lowest BCUT2D eigenvalue weighted by Gasteiger charge is -2.03. The summed E-state index contributed by atoms with van der Waals surface area (Å²) in [4.78, 5) is 0. The summed E-state index contributed by atoms with van der Waals surface area (Å²) in [6.07, 6.45) is 0. The van der Waals surface area contributed by atoms with Crippen molar-refractivity contribution in [2.45, 2.75) is 0 Å². The zero-order valence-electron chi connectivity index (χ0n) is 7.37. The standard InChI is InChI=1S/C12H8ClO/c13-12-8-10(14)6-7-11(12)9-4-2-1-3-5-9/h1-6,8,14H. The summed E-state index contributed by atoms with van der Waals surface area (Å²) in [5.74, 6) is 0.134. The minimum absolute atomic E-state index is 0.134. The number of rotatable bonds is 1. The molecule has 1 N–H and O–H groups in total. The van der Waals surface area contributed by atoms with Gasteiger partial charge in [0.25, 0.3) is 0 Å². The monoisotopic (exact) mass is 203 g/mol. The fraction of sp³-hybridized carbons (Fsp3) is 0. The van der Waals surface area contributed by atoms with E-state index in [0.717, 1.165) is 11.1 Å². The lowest BCUT2D eigenvalue weighted by Crippen LogP contribution is -1.78. The van der Waals surface area contributed by atoms with Gasteiger partial charge in [-0.3, -0.25) is 0 Å². The molecule has 2 aromatic carbocycles. The highest BCUT2D eigenvalue weighted by Crippen LogP contribution is 2.29. The third-order valence-electron chi connectivity index (χ3n) is 1.94. The molecule has 0 amide bonds. The van der Waals surface area contributed by atoms with Crippen molar-refractivity contribution in [2.75, 3.05) is 0 Å². The van der Waals surface area contributed by atoms with Crippen molar-refractivity contribution in [1.29, 1.82) is 0 Å². The van der Waals surface area contributed by atoms with Crippen LogP contribution in [-0.2, 0) is 0 Å². The highest BCUT2D eigenvalue weighted by atomic mass is 35.5. The van der Waals surface area contributed by atoms with E-state index in [1.807, 2.05) is 30.3 Å². The fourth-order valence-electron chi connectivity index (χ4n) is 1.28. The quantitative estimate of drug-likeness (QED) is 0.752. The first kappa shape index (κ1) is 9.10. The van der Waals surface area contributed by atoms with Gasteiger partial charge in [-0.15, -0.1) is 0 Å². The van der Waals surface area contributed by atoms with Crippen molar-refractivity contribution in [2.24, 2.45) is 0 Å². The summed E-state index contributed by atoms with van der Waals surface area (Å²) in [5, 5.41) is 9.68. The maximum Gasteiger partial charge on any atom is 0.117 e. The Labute approximate surface area is 87.6 Å². The Balaban J connectivity index is 2.53. The topological polar surface area (TPSA) is 20.2 Å². The van der Waals surface area contributed by atoms with Crippen LogP contribution in [0.5, 0.6) is 5.75 Å². The minimum Gasteiger partial charge on any atom is -0.508 e. The number of hydrogen-bond acceptors (Lipinski definition) is 1. The summed E-state index contributed by atoms with van der Waals surface area (Å²) in [6.45, 7) is 0. The first-order chi connectivity index (χ1) is 6.77. The van der Waals surface area contributed by atoms with Gasteiger partial charge in [0.05, 0.1) is 5.02 Å². The number of benzene rings is 2. The van der Waals surface area contributed by atoms with Crippen LogP contribution in [0, 0.1) is 6.07 Å². The molecule has 69 valence electrons. The highest BCUT2D eigenvalue weighted by molar-refractivity contribution is 6.33. The molecule has 2 aromatic rings. The van der Waals surface area contributed by atoms with E-state index >= 15 is 0 Å². The van der Waals surface area contributed by atoms with E-state index in [2.05, 4.69) is 6.07 Å². The van der Waals surface area contributed by atoms with Crippen LogP contribution in [0.3, 0.4) is 0 Å². The first-order valence-corrected chi connectivity index (χ1v) is 4.61. The maximum atomic E-state index is 9.17. The smallest absolute Gasteiger partial charge is 0.117 e. The molecule has 1 nitrogen and oxygen atoms in total. The van der Waals surface area contributed by atoms with Gasteiger partial charge >= 0.3 is 0 Å². The Kier molecular flexibility index (Phi) is 2.42. The van der Waals surface area contributed by atoms with E-state index in [-0.39, 0.29) is 5.75 Å². The van der Waals surface area contributed by atoms with Crippen molar-refractivity contribution in [1.82, 2.24) is 0 Å². The zero-order chi connectivity index (χ0) is 9.97. The molecule has 0 aliphatic carbocycles. The van der Waals surface area contributed by atoms with Crippen LogP contribution in [0.25, 0.3) is 11.1 Å². The van der Waals surface area contributed by atoms with E-state index in [1.54, 1.807) is 0 Å². The van der Waals surface area contributed by atoms with Crippen LogP contribution in [0.1, 0.15) is 0 Å². The van der Waals surface area contributed by atoms with Crippen molar-refractivity contribution in [3.63, 3.8) is 0 Å². The van der Waals surface area contributed by atoms with Gasteiger partial charge in [-0.1, -0.05) is 41.9 Å². The molecule has 0 atom stereocenters. The van der Waals surface area contributed by atoms with Crippen LogP contribution < -0.4 is 0 Å². The second-order valence-electron chi connectivity index (χ2n) is 2.95. The predicted octanol–water partition coefficient (Wildman–Crippen LogP) is 3.51. The van der Waals surface area contributed by atoms with Crippen LogP contribution in [0.4, 0.5) is 0 Å². The molecule has 1 radical (unpaired) electrons. The van der Waals surface area contributed by atoms with Crippen molar-refractivity contribution in [3.05, 3.63) is 53.6 Å². The third-order valence-corrected chi connectivity index (χ3v) is 2.24. The van der Waals surface area contributed by atoms with Gasteiger partial charge in [0.15, 0.2) is 0 Å². The molecule has 0 fully saturated rings. The summed E-state index contributed by atoms with van der Waals surface area (Å²) in [5.41, 5.74) is 1.81. The lowest BCUT2D eigenvalue weighted by molar-refractivity contribution is 0.475. The number of hydrogen-bond donors (Lipinski definition) is 1. The van der Waals surface area contributed by atoms with Gasteiger partial charge in [-0.05, 0) is 23.8 Å². The number of halogens is 1. The molecule has 0 saturated carbocycles. The molecule has 0 heterocycles. The average molecular weight is 204 g/mol. The second-order valence-corrected chi connectivity index (χ2v) is 3.35. The van der Waals surface area contributed by atoms with Crippen LogP contribution >= 0.6 is 11.6 Å². The molecule has 2 heteroatoms. The van der Waals surface area contributed by atoms with E-state index in [4.69, 9.17) is 16.7 Å². The molecule has 14 heavy (non-hydrogen) atoms. The normalized spacial score (nSPS) is 10.1. The number of aromatic hydroxyl groups is 1. The molecule has 0 aromatic heterocycles. The Hall–Kier alpha value is -1.47. The second kappa shape index (κ2) is 3.72. The molecule has 0 unspecified atom stereocenters. The summed E-state index contributed by atoms with van der Waals surface area (Å²) in [7, 11) is 0. The van der Waals surface area contributed by atoms with E-state index < -0.39 is 0 Å². The molecule has 0 spiro atoms. The van der Waals surface area contributed by atoms with Gasteiger partial charge in [0.2, 0.25) is 0 Å².